The van der Waals surface area contributed by atoms with E-state index < -0.39 is 0 Å². The summed E-state index contributed by atoms with van der Waals surface area (Å²) < 4.78 is 0. The zero-order chi connectivity index (χ0) is 7.28. The topological polar surface area (TPSA) is 19.9 Å². The average Bonchev–Trinajstić information content (AvgIpc) is 1.87. The third-order valence-corrected chi connectivity index (χ3v) is 2.19. The Labute approximate surface area is 58.1 Å². The van der Waals surface area contributed by atoms with Gasteiger partial charge in [-0.15, -0.1) is 0 Å². The van der Waals surface area contributed by atoms with Crippen LogP contribution in [0.4, 0.5) is 0 Å². The molecule has 0 aromatic carbocycles. The summed E-state index contributed by atoms with van der Waals surface area (Å²) >= 11 is 0. The number of rotatable bonds is 4. The van der Waals surface area contributed by atoms with Crippen LogP contribution in [0.3, 0.4) is 0 Å². The summed E-state index contributed by atoms with van der Waals surface area (Å²) in [4.78, 5) is 0. The van der Waals surface area contributed by atoms with Crippen molar-refractivity contribution in [2.24, 2.45) is 11.8 Å². The molecule has 0 N–H and O–H groups in total. The maximum atomic E-state index is 10.2. The van der Waals surface area contributed by atoms with Crippen LogP contribution in [0.5, 0.6) is 0 Å². The Bertz CT molecular complexity index is 61.6. The maximum absolute atomic E-state index is 10.2. The van der Waals surface area contributed by atoms with Crippen LogP contribution in [0.2, 0.25) is 0 Å². The zero-order valence-corrected chi connectivity index (χ0v) is 6.68. The molecule has 0 bridgehead atoms. The molecule has 0 aromatic rings. The highest BCUT2D eigenvalue weighted by molar-refractivity contribution is 4.58. The lowest BCUT2D eigenvalue weighted by molar-refractivity contribution is 0.159. The van der Waals surface area contributed by atoms with Crippen LogP contribution in [0.25, 0.3) is 0 Å². The molecule has 9 heavy (non-hydrogen) atoms. The van der Waals surface area contributed by atoms with Crippen LogP contribution >= 0.6 is 0 Å². The van der Waals surface area contributed by atoms with E-state index in [1.165, 1.54) is 6.42 Å². The molecular formula is C8H17O. The Morgan fingerprint density at radius 1 is 1.22 bits per heavy atom. The summed E-state index contributed by atoms with van der Waals surface area (Å²) in [6, 6.07) is 0. The van der Waals surface area contributed by atoms with Crippen LogP contribution in [0, 0.1) is 11.8 Å². The number of hydrogen-bond acceptors (Lipinski definition) is 0. The summed E-state index contributed by atoms with van der Waals surface area (Å²) in [6.07, 6.45) is 2.04. The molecule has 0 saturated carbocycles. The van der Waals surface area contributed by atoms with Gasteiger partial charge in [-0.2, -0.15) is 0 Å². The van der Waals surface area contributed by atoms with Gasteiger partial charge < -0.3 is 0 Å². The van der Waals surface area contributed by atoms with E-state index in [9.17, 15) is 5.11 Å². The zero-order valence-electron chi connectivity index (χ0n) is 6.68. The van der Waals surface area contributed by atoms with E-state index in [-0.39, 0.29) is 6.61 Å². The van der Waals surface area contributed by atoms with Gasteiger partial charge in [-0.1, -0.05) is 27.2 Å². The third-order valence-electron chi connectivity index (χ3n) is 2.19. The molecule has 1 radical (unpaired) electrons. The fourth-order valence-electron chi connectivity index (χ4n) is 0.873. The van der Waals surface area contributed by atoms with Gasteiger partial charge in [-0.25, -0.2) is 5.11 Å². The predicted molar refractivity (Wildman–Crippen MR) is 38.8 cm³/mol. The van der Waals surface area contributed by atoms with E-state index >= 15 is 0 Å². The first-order chi connectivity index (χ1) is 4.22. The molecule has 1 heteroatoms. The van der Waals surface area contributed by atoms with E-state index in [4.69, 9.17) is 0 Å². The summed E-state index contributed by atoms with van der Waals surface area (Å²) in [5.41, 5.74) is 0. The molecule has 0 saturated heterocycles. The molecule has 0 spiro atoms. The lowest BCUT2D eigenvalue weighted by atomic mass is 9.91. The highest BCUT2D eigenvalue weighted by atomic mass is 16.3. The van der Waals surface area contributed by atoms with Crippen molar-refractivity contribution >= 4 is 0 Å². The minimum absolute atomic E-state index is 0.0888. The molecule has 0 aliphatic heterocycles. The summed E-state index contributed by atoms with van der Waals surface area (Å²) in [5.74, 6) is 1.34. The minimum atomic E-state index is 0.0888. The van der Waals surface area contributed by atoms with Gasteiger partial charge in [0.1, 0.15) is 0 Å². The monoisotopic (exact) mass is 129 g/mol. The summed E-state index contributed by atoms with van der Waals surface area (Å²) in [6.45, 7) is 6.63. The van der Waals surface area contributed by atoms with Crippen molar-refractivity contribution in [3.05, 3.63) is 0 Å². The molecule has 0 aliphatic rings. The lowest BCUT2D eigenvalue weighted by Crippen LogP contribution is -2.07. The van der Waals surface area contributed by atoms with Crippen molar-refractivity contribution in [3.8, 4) is 0 Å². The van der Waals surface area contributed by atoms with Gasteiger partial charge >= 0.3 is 0 Å². The van der Waals surface area contributed by atoms with E-state index in [1.807, 2.05) is 0 Å². The predicted octanol–water partition coefficient (Wildman–Crippen LogP) is 2.49. The van der Waals surface area contributed by atoms with Gasteiger partial charge in [0, 0.05) is 0 Å². The third kappa shape index (κ3) is 3.52. The normalized spacial score (nSPS) is 17.3. The molecule has 0 aromatic heterocycles. The Morgan fingerprint density at radius 2 is 1.78 bits per heavy atom. The second kappa shape index (κ2) is 4.80. The standard InChI is InChI=1S/C8H17O/c1-4-7(2)8(3)5-6-9/h7-8H,4-6H2,1-3H3. The van der Waals surface area contributed by atoms with Crippen molar-refractivity contribution in [2.75, 3.05) is 6.61 Å². The Balaban J connectivity index is 3.32. The molecule has 55 valence electrons. The van der Waals surface area contributed by atoms with Gasteiger partial charge in [0.05, 0.1) is 6.61 Å². The van der Waals surface area contributed by atoms with Crippen molar-refractivity contribution in [2.45, 2.75) is 33.6 Å². The molecule has 0 rings (SSSR count). The highest BCUT2D eigenvalue weighted by Gasteiger charge is 2.08. The Morgan fingerprint density at radius 3 is 2.11 bits per heavy atom. The van der Waals surface area contributed by atoms with Crippen molar-refractivity contribution < 1.29 is 5.11 Å². The SMILES string of the molecule is CCC(C)C(C)CC[O]. The second-order valence-electron chi connectivity index (χ2n) is 2.86. The van der Waals surface area contributed by atoms with Crippen LogP contribution in [0.15, 0.2) is 0 Å². The van der Waals surface area contributed by atoms with Crippen LogP contribution in [0.1, 0.15) is 33.6 Å². The molecule has 0 fully saturated rings. The van der Waals surface area contributed by atoms with Crippen LogP contribution in [-0.2, 0) is 5.11 Å². The van der Waals surface area contributed by atoms with Gasteiger partial charge in [-0.05, 0) is 18.3 Å². The van der Waals surface area contributed by atoms with E-state index in [0.717, 1.165) is 12.3 Å². The summed E-state index contributed by atoms with van der Waals surface area (Å²) in [5, 5.41) is 10.2. The second-order valence-corrected chi connectivity index (χ2v) is 2.86. The van der Waals surface area contributed by atoms with Gasteiger partial charge in [0.2, 0.25) is 0 Å². The van der Waals surface area contributed by atoms with Crippen molar-refractivity contribution in [1.82, 2.24) is 0 Å². The highest BCUT2D eigenvalue weighted by Crippen LogP contribution is 2.16. The molecule has 0 amide bonds. The first-order valence-corrected chi connectivity index (χ1v) is 3.80. The molecule has 2 unspecified atom stereocenters. The molecule has 0 heterocycles. The lowest BCUT2D eigenvalue weighted by Gasteiger charge is -2.15. The molecular weight excluding hydrogens is 112 g/mol. The first-order valence-electron chi connectivity index (χ1n) is 3.80. The van der Waals surface area contributed by atoms with E-state index in [1.54, 1.807) is 0 Å². The average molecular weight is 129 g/mol. The van der Waals surface area contributed by atoms with Gasteiger partial charge in [-0.3, -0.25) is 0 Å². The van der Waals surface area contributed by atoms with E-state index in [0.29, 0.717) is 5.92 Å². The van der Waals surface area contributed by atoms with Gasteiger partial charge in [0.25, 0.3) is 0 Å². The molecule has 2 atom stereocenters. The Kier molecular flexibility index (Phi) is 4.78. The smallest absolute Gasteiger partial charge is 0.0825 e. The van der Waals surface area contributed by atoms with Crippen LogP contribution < -0.4 is 0 Å². The maximum Gasteiger partial charge on any atom is 0.0825 e. The van der Waals surface area contributed by atoms with Crippen molar-refractivity contribution in [1.29, 1.82) is 0 Å². The van der Waals surface area contributed by atoms with Gasteiger partial charge in [0.15, 0.2) is 0 Å². The molecule has 1 nitrogen and oxygen atoms in total. The fourth-order valence-corrected chi connectivity index (χ4v) is 0.873. The van der Waals surface area contributed by atoms with E-state index in [2.05, 4.69) is 20.8 Å². The largest absolute Gasteiger partial charge is 0.237 e. The Hall–Kier alpha value is -0.0400. The quantitative estimate of drug-likeness (QED) is 0.555. The molecule has 0 aliphatic carbocycles. The van der Waals surface area contributed by atoms with Crippen molar-refractivity contribution in [3.63, 3.8) is 0 Å². The summed E-state index contributed by atoms with van der Waals surface area (Å²) in [7, 11) is 0. The number of hydrogen-bond donors (Lipinski definition) is 0. The first kappa shape index (κ1) is 8.96. The van der Waals surface area contributed by atoms with Crippen LogP contribution in [-0.4, -0.2) is 6.61 Å². The fraction of sp³-hybridized carbons (Fsp3) is 1.00. The minimum Gasteiger partial charge on any atom is -0.237 e.